The SMILES string of the molecule is NCC(CN)C(N)C(=O)NC(CCc1ccccc1)C(=O)Nc1cnc2ccccc2c1. The first-order valence-electron chi connectivity index (χ1n) is 10.7. The third-order valence-corrected chi connectivity index (χ3v) is 5.47. The van der Waals surface area contributed by atoms with E-state index < -0.39 is 18.0 Å². The Morgan fingerprint density at radius 2 is 1.62 bits per heavy atom. The standard InChI is InChI=1S/C24H30N6O2/c25-13-18(14-26)22(27)24(32)30-21(11-10-16-6-2-1-3-7-16)23(31)29-19-12-17-8-4-5-9-20(17)28-15-19/h1-9,12,15,18,21-22H,10-11,13-14,25-27H2,(H,29,31)(H,30,32). The van der Waals surface area contributed by atoms with Gasteiger partial charge in [-0.15, -0.1) is 0 Å². The number of rotatable bonds is 10. The number of hydrogen-bond donors (Lipinski definition) is 5. The lowest BCUT2D eigenvalue weighted by atomic mass is 9.99. The van der Waals surface area contributed by atoms with Crippen LogP contribution >= 0.6 is 0 Å². The van der Waals surface area contributed by atoms with Crippen molar-refractivity contribution in [3.8, 4) is 0 Å². The van der Waals surface area contributed by atoms with E-state index in [1.165, 1.54) is 0 Å². The van der Waals surface area contributed by atoms with E-state index in [1.807, 2.05) is 60.7 Å². The Bertz CT molecular complexity index is 1040. The summed E-state index contributed by atoms with van der Waals surface area (Å²) in [6, 6.07) is 17.6. The van der Waals surface area contributed by atoms with E-state index in [2.05, 4.69) is 15.6 Å². The molecule has 2 atom stereocenters. The monoisotopic (exact) mass is 434 g/mol. The van der Waals surface area contributed by atoms with Crippen LogP contribution in [0.25, 0.3) is 10.9 Å². The second-order valence-corrected chi connectivity index (χ2v) is 7.75. The van der Waals surface area contributed by atoms with E-state index in [1.54, 1.807) is 6.20 Å². The van der Waals surface area contributed by atoms with Crippen molar-refractivity contribution in [3.05, 3.63) is 72.4 Å². The Morgan fingerprint density at radius 3 is 2.34 bits per heavy atom. The molecule has 2 amide bonds. The third-order valence-electron chi connectivity index (χ3n) is 5.47. The highest BCUT2D eigenvalue weighted by atomic mass is 16.2. The number of hydrogen-bond acceptors (Lipinski definition) is 6. The molecule has 0 saturated heterocycles. The molecule has 0 saturated carbocycles. The summed E-state index contributed by atoms with van der Waals surface area (Å²) >= 11 is 0. The highest BCUT2D eigenvalue weighted by molar-refractivity contribution is 5.99. The minimum absolute atomic E-state index is 0.189. The Morgan fingerprint density at radius 1 is 0.938 bits per heavy atom. The van der Waals surface area contributed by atoms with Gasteiger partial charge >= 0.3 is 0 Å². The molecule has 0 bridgehead atoms. The molecular weight excluding hydrogens is 404 g/mol. The fourth-order valence-electron chi connectivity index (χ4n) is 3.46. The van der Waals surface area contributed by atoms with Gasteiger partial charge < -0.3 is 27.8 Å². The van der Waals surface area contributed by atoms with Crippen LogP contribution in [0.1, 0.15) is 12.0 Å². The molecule has 2 unspecified atom stereocenters. The Labute approximate surface area is 187 Å². The molecule has 32 heavy (non-hydrogen) atoms. The Balaban J connectivity index is 1.74. The van der Waals surface area contributed by atoms with Crippen molar-refractivity contribution >= 4 is 28.4 Å². The van der Waals surface area contributed by atoms with Crippen LogP contribution in [0, 0.1) is 5.92 Å². The average molecular weight is 435 g/mol. The lowest BCUT2D eigenvalue weighted by molar-refractivity contribution is -0.128. The van der Waals surface area contributed by atoms with Crippen LogP contribution in [0.15, 0.2) is 66.9 Å². The molecule has 0 spiro atoms. The first-order chi connectivity index (χ1) is 15.5. The van der Waals surface area contributed by atoms with Gasteiger partial charge in [0.05, 0.1) is 23.4 Å². The summed E-state index contributed by atoms with van der Waals surface area (Å²) in [5.41, 5.74) is 19.8. The minimum atomic E-state index is -0.889. The van der Waals surface area contributed by atoms with Gasteiger partial charge in [0, 0.05) is 11.3 Å². The quantitative estimate of drug-likeness (QED) is 0.323. The van der Waals surface area contributed by atoms with E-state index in [0.29, 0.717) is 18.5 Å². The second kappa shape index (κ2) is 11.3. The number of anilines is 1. The zero-order valence-electron chi connectivity index (χ0n) is 17.9. The lowest BCUT2D eigenvalue weighted by Gasteiger charge is -2.24. The number of para-hydroxylation sites is 1. The predicted octanol–water partition coefficient (Wildman–Crippen LogP) is 1.15. The van der Waals surface area contributed by atoms with Gasteiger partial charge in [0.2, 0.25) is 11.8 Å². The topological polar surface area (TPSA) is 149 Å². The van der Waals surface area contributed by atoms with Gasteiger partial charge in [-0.3, -0.25) is 14.6 Å². The van der Waals surface area contributed by atoms with Crippen molar-refractivity contribution in [2.24, 2.45) is 23.1 Å². The van der Waals surface area contributed by atoms with Gasteiger partial charge in [-0.25, -0.2) is 0 Å². The second-order valence-electron chi connectivity index (χ2n) is 7.75. The van der Waals surface area contributed by atoms with E-state index in [0.717, 1.165) is 16.5 Å². The van der Waals surface area contributed by atoms with E-state index in [-0.39, 0.29) is 24.9 Å². The number of aryl methyl sites for hydroxylation is 1. The van der Waals surface area contributed by atoms with Gasteiger partial charge in [0.1, 0.15) is 6.04 Å². The van der Waals surface area contributed by atoms with Crippen LogP contribution in [-0.2, 0) is 16.0 Å². The molecule has 3 aromatic rings. The van der Waals surface area contributed by atoms with Crippen molar-refractivity contribution < 1.29 is 9.59 Å². The first-order valence-corrected chi connectivity index (χ1v) is 10.7. The third kappa shape index (κ3) is 6.10. The first kappa shape index (κ1) is 23.3. The zero-order chi connectivity index (χ0) is 22.9. The van der Waals surface area contributed by atoms with Gasteiger partial charge in [-0.1, -0.05) is 48.5 Å². The molecule has 8 nitrogen and oxygen atoms in total. The van der Waals surface area contributed by atoms with Crippen molar-refractivity contribution in [2.45, 2.75) is 24.9 Å². The molecule has 0 aliphatic rings. The lowest BCUT2D eigenvalue weighted by Crippen LogP contribution is -2.54. The molecule has 8 heteroatoms. The Hall–Kier alpha value is -3.33. The number of amides is 2. The van der Waals surface area contributed by atoms with Crippen LogP contribution in [0.3, 0.4) is 0 Å². The summed E-state index contributed by atoms with van der Waals surface area (Å²) in [5.74, 6) is -1.15. The van der Waals surface area contributed by atoms with Crippen LogP contribution < -0.4 is 27.8 Å². The minimum Gasteiger partial charge on any atom is -0.343 e. The number of carbonyl (C=O) groups excluding carboxylic acids is 2. The van der Waals surface area contributed by atoms with E-state index >= 15 is 0 Å². The molecule has 0 aliphatic heterocycles. The molecule has 168 valence electrons. The summed E-state index contributed by atoms with van der Waals surface area (Å²) in [7, 11) is 0. The van der Waals surface area contributed by atoms with Crippen LogP contribution in [-0.4, -0.2) is 42.0 Å². The number of aromatic nitrogens is 1. The van der Waals surface area contributed by atoms with Crippen LogP contribution in [0.2, 0.25) is 0 Å². The van der Waals surface area contributed by atoms with Crippen molar-refractivity contribution in [1.82, 2.24) is 10.3 Å². The number of fused-ring (bicyclic) bond motifs is 1. The number of carbonyl (C=O) groups is 2. The number of pyridine rings is 1. The molecule has 0 fully saturated rings. The molecule has 8 N–H and O–H groups in total. The van der Waals surface area contributed by atoms with Gasteiger partial charge in [-0.05, 0) is 43.6 Å². The number of benzene rings is 2. The maximum absolute atomic E-state index is 13.1. The average Bonchev–Trinajstić information content (AvgIpc) is 2.82. The normalized spacial score (nSPS) is 13.0. The highest BCUT2D eigenvalue weighted by Gasteiger charge is 2.27. The summed E-state index contributed by atoms with van der Waals surface area (Å²) in [6.07, 6.45) is 2.62. The van der Waals surface area contributed by atoms with E-state index in [4.69, 9.17) is 17.2 Å². The van der Waals surface area contributed by atoms with Crippen molar-refractivity contribution in [2.75, 3.05) is 18.4 Å². The van der Waals surface area contributed by atoms with Crippen LogP contribution in [0.4, 0.5) is 5.69 Å². The molecular formula is C24H30N6O2. The van der Waals surface area contributed by atoms with Gasteiger partial charge in [0.15, 0.2) is 0 Å². The number of nitrogens with one attached hydrogen (secondary N) is 2. The zero-order valence-corrected chi connectivity index (χ0v) is 17.9. The molecule has 0 radical (unpaired) electrons. The fourth-order valence-corrected chi connectivity index (χ4v) is 3.46. The van der Waals surface area contributed by atoms with E-state index in [9.17, 15) is 9.59 Å². The van der Waals surface area contributed by atoms with Gasteiger partial charge in [0.25, 0.3) is 0 Å². The molecule has 3 rings (SSSR count). The summed E-state index contributed by atoms with van der Waals surface area (Å²) in [6.45, 7) is 0.378. The smallest absolute Gasteiger partial charge is 0.247 e. The molecule has 2 aromatic carbocycles. The van der Waals surface area contributed by atoms with Crippen molar-refractivity contribution in [1.29, 1.82) is 0 Å². The maximum atomic E-state index is 13.1. The summed E-state index contributed by atoms with van der Waals surface area (Å²) in [5, 5.41) is 6.56. The number of nitrogens with two attached hydrogens (primary N) is 3. The van der Waals surface area contributed by atoms with Crippen molar-refractivity contribution in [3.63, 3.8) is 0 Å². The molecule has 1 aromatic heterocycles. The Kier molecular flexibility index (Phi) is 8.27. The summed E-state index contributed by atoms with van der Waals surface area (Å²) < 4.78 is 0. The van der Waals surface area contributed by atoms with Crippen LogP contribution in [0.5, 0.6) is 0 Å². The molecule has 1 heterocycles. The predicted molar refractivity (Wildman–Crippen MR) is 127 cm³/mol. The van der Waals surface area contributed by atoms with Gasteiger partial charge in [-0.2, -0.15) is 0 Å². The largest absolute Gasteiger partial charge is 0.343 e. The number of nitrogens with zero attached hydrogens (tertiary/aromatic N) is 1. The fraction of sp³-hybridized carbons (Fsp3) is 0.292. The molecule has 0 aliphatic carbocycles. The highest BCUT2D eigenvalue weighted by Crippen LogP contribution is 2.17. The maximum Gasteiger partial charge on any atom is 0.247 e. The summed E-state index contributed by atoms with van der Waals surface area (Å²) in [4.78, 5) is 30.2.